The predicted octanol–water partition coefficient (Wildman–Crippen LogP) is 1.28. The highest BCUT2D eigenvalue weighted by Crippen LogP contribution is 2.19. The molecule has 0 aromatic heterocycles. The maximum absolute atomic E-state index is 11.4. The topological polar surface area (TPSA) is 44.4 Å². The zero-order chi connectivity index (χ0) is 13.5. The van der Waals surface area contributed by atoms with Crippen LogP contribution in [0.15, 0.2) is 24.3 Å². The summed E-state index contributed by atoms with van der Waals surface area (Å²) in [6.45, 7) is 0.913. The Morgan fingerprint density at radius 2 is 1.94 bits per heavy atom. The van der Waals surface area contributed by atoms with E-state index in [1.54, 1.807) is 7.05 Å². The number of likely N-dealkylation sites (N-methyl/N-ethyl adjacent to an activating group) is 2. The van der Waals surface area contributed by atoms with Gasteiger partial charge in [0.25, 0.3) is 0 Å². The SMILES string of the molecule is CNCC(=O)NCC(c1ccc(Cl)cc1)N(C)C. The minimum atomic E-state index is -0.00156. The Bertz CT molecular complexity index is 378. The lowest BCUT2D eigenvalue weighted by Crippen LogP contribution is -2.38. The van der Waals surface area contributed by atoms with Crippen molar-refractivity contribution in [1.82, 2.24) is 15.5 Å². The number of halogens is 1. The van der Waals surface area contributed by atoms with Crippen LogP contribution in [0.5, 0.6) is 0 Å². The summed E-state index contributed by atoms with van der Waals surface area (Å²) in [6.07, 6.45) is 0. The maximum Gasteiger partial charge on any atom is 0.234 e. The molecule has 0 heterocycles. The molecule has 0 radical (unpaired) electrons. The van der Waals surface area contributed by atoms with Gasteiger partial charge in [0.15, 0.2) is 0 Å². The summed E-state index contributed by atoms with van der Waals surface area (Å²) in [4.78, 5) is 13.5. The number of nitrogens with one attached hydrogen (secondary N) is 2. The highest BCUT2D eigenvalue weighted by molar-refractivity contribution is 6.30. The first-order valence-corrected chi connectivity index (χ1v) is 6.25. The molecule has 1 aromatic rings. The number of amides is 1. The molecule has 5 heteroatoms. The van der Waals surface area contributed by atoms with Crippen LogP contribution < -0.4 is 10.6 Å². The Hall–Kier alpha value is -1.10. The monoisotopic (exact) mass is 269 g/mol. The lowest BCUT2D eigenvalue weighted by molar-refractivity contribution is -0.120. The fraction of sp³-hybridized carbons (Fsp3) is 0.462. The van der Waals surface area contributed by atoms with Crippen molar-refractivity contribution in [2.45, 2.75) is 6.04 Å². The molecule has 0 aliphatic carbocycles. The van der Waals surface area contributed by atoms with Crippen LogP contribution in [-0.4, -0.2) is 45.0 Å². The second kappa shape index (κ2) is 7.36. The summed E-state index contributed by atoms with van der Waals surface area (Å²) < 4.78 is 0. The van der Waals surface area contributed by atoms with Crippen LogP contribution >= 0.6 is 11.6 Å². The Kier molecular flexibility index (Phi) is 6.12. The van der Waals surface area contributed by atoms with Crippen molar-refractivity contribution in [2.24, 2.45) is 0 Å². The molecule has 1 aromatic carbocycles. The molecule has 4 nitrogen and oxygen atoms in total. The van der Waals surface area contributed by atoms with Crippen LogP contribution in [-0.2, 0) is 4.79 Å². The maximum atomic E-state index is 11.4. The third-order valence-electron chi connectivity index (χ3n) is 2.71. The lowest BCUT2D eigenvalue weighted by Gasteiger charge is -2.25. The van der Waals surface area contributed by atoms with Gasteiger partial charge in [-0.25, -0.2) is 0 Å². The summed E-state index contributed by atoms with van der Waals surface area (Å²) in [6, 6.07) is 7.84. The molecule has 18 heavy (non-hydrogen) atoms. The average molecular weight is 270 g/mol. The number of carbonyl (C=O) groups excluding carboxylic acids is 1. The summed E-state index contributed by atoms with van der Waals surface area (Å²) in [5.41, 5.74) is 1.13. The van der Waals surface area contributed by atoms with E-state index in [9.17, 15) is 4.79 Å². The molecular weight excluding hydrogens is 250 g/mol. The average Bonchev–Trinajstić information content (AvgIpc) is 2.31. The van der Waals surface area contributed by atoms with Gasteiger partial charge in [-0.1, -0.05) is 23.7 Å². The smallest absolute Gasteiger partial charge is 0.234 e. The fourth-order valence-electron chi connectivity index (χ4n) is 1.72. The first-order valence-electron chi connectivity index (χ1n) is 5.87. The van der Waals surface area contributed by atoms with Crippen molar-refractivity contribution >= 4 is 17.5 Å². The van der Waals surface area contributed by atoms with Gasteiger partial charge in [0.2, 0.25) is 5.91 Å². The highest BCUT2D eigenvalue weighted by atomic mass is 35.5. The van der Waals surface area contributed by atoms with E-state index in [1.165, 1.54) is 0 Å². The zero-order valence-electron chi connectivity index (χ0n) is 11.0. The van der Waals surface area contributed by atoms with Gasteiger partial charge in [0, 0.05) is 11.6 Å². The molecule has 100 valence electrons. The van der Waals surface area contributed by atoms with Gasteiger partial charge in [0.05, 0.1) is 12.6 Å². The molecule has 1 amide bonds. The molecule has 0 bridgehead atoms. The molecule has 1 rings (SSSR count). The molecule has 0 spiro atoms. The normalized spacial score (nSPS) is 12.5. The predicted molar refractivity (Wildman–Crippen MR) is 74.8 cm³/mol. The molecule has 0 aliphatic heterocycles. The Morgan fingerprint density at radius 1 is 1.33 bits per heavy atom. The quantitative estimate of drug-likeness (QED) is 0.818. The van der Waals surface area contributed by atoms with Gasteiger partial charge >= 0.3 is 0 Å². The Morgan fingerprint density at radius 3 is 2.44 bits per heavy atom. The Balaban J connectivity index is 2.65. The van der Waals surface area contributed by atoms with Crippen molar-refractivity contribution in [1.29, 1.82) is 0 Å². The largest absolute Gasteiger partial charge is 0.353 e. The number of rotatable bonds is 6. The van der Waals surface area contributed by atoms with E-state index in [0.717, 1.165) is 10.6 Å². The second-order valence-corrected chi connectivity index (χ2v) is 4.80. The number of carbonyl (C=O) groups is 1. The molecule has 2 N–H and O–H groups in total. The summed E-state index contributed by atoms with van der Waals surface area (Å²) in [5, 5.41) is 6.44. The third-order valence-corrected chi connectivity index (χ3v) is 2.96. The van der Waals surface area contributed by atoms with Gasteiger partial charge in [-0.15, -0.1) is 0 Å². The molecular formula is C13H20ClN3O. The van der Waals surface area contributed by atoms with Crippen LogP contribution in [0.25, 0.3) is 0 Å². The highest BCUT2D eigenvalue weighted by Gasteiger charge is 2.14. The summed E-state index contributed by atoms with van der Waals surface area (Å²) in [7, 11) is 5.73. The summed E-state index contributed by atoms with van der Waals surface area (Å²) in [5.74, 6) is -0.00156. The van der Waals surface area contributed by atoms with E-state index in [-0.39, 0.29) is 11.9 Å². The minimum Gasteiger partial charge on any atom is -0.353 e. The number of nitrogens with zero attached hydrogens (tertiary/aromatic N) is 1. The molecule has 0 fully saturated rings. The molecule has 1 unspecified atom stereocenters. The zero-order valence-corrected chi connectivity index (χ0v) is 11.8. The molecule has 0 saturated heterocycles. The molecule has 0 aliphatic rings. The van der Waals surface area contributed by atoms with E-state index in [4.69, 9.17) is 11.6 Å². The van der Waals surface area contributed by atoms with Gasteiger partial charge in [-0.05, 0) is 38.8 Å². The van der Waals surface area contributed by atoms with Crippen LogP contribution in [0.1, 0.15) is 11.6 Å². The van der Waals surface area contributed by atoms with Gasteiger partial charge in [0.1, 0.15) is 0 Å². The number of benzene rings is 1. The van der Waals surface area contributed by atoms with E-state index in [0.29, 0.717) is 13.1 Å². The van der Waals surface area contributed by atoms with Crippen LogP contribution in [0.2, 0.25) is 5.02 Å². The first-order chi connectivity index (χ1) is 8.54. The molecule has 1 atom stereocenters. The van der Waals surface area contributed by atoms with Crippen LogP contribution in [0.4, 0.5) is 0 Å². The Labute approximate surface area is 113 Å². The van der Waals surface area contributed by atoms with Crippen LogP contribution in [0.3, 0.4) is 0 Å². The van der Waals surface area contributed by atoms with Crippen molar-refractivity contribution in [3.63, 3.8) is 0 Å². The van der Waals surface area contributed by atoms with Crippen LogP contribution in [0, 0.1) is 0 Å². The van der Waals surface area contributed by atoms with Crippen molar-refractivity contribution in [3.8, 4) is 0 Å². The van der Waals surface area contributed by atoms with Crippen molar-refractivity contribution in [3.05, 3.63) is 34.9 Å². The van der Waals surface area contributed by atoms with Gasteiger partial charge < -0.3 is 15.5 Å². The van der Waals surface area contributed by atoms with E-state index >= 15 is 0 Å². The van der Waals surface area contributed by atoms with E-state index in [1.807, 2.05) is 38.4 Å². The van der Waals surface area contributed by atoms with E-state index in [2.05, 4.69) is 15.5 Å². The minimum absolute atomic E-state index is 0.00156. The van der Waals surface area contributed by atoms with Crippen molar-refractivity contribution in [2.75, 3.05) is 34.2 Å². The first kappa shape index (κ1) is 15.0. The van der Waals surface area contributed by atoms with Gasteiger partial charge in [-0.3, -0.25) is 4.79 Å². The van der Waals surface area contributed by atoms with Crippen molar-refractivity contribution < 1.29 is 4.79 Å². The third kappa shape index (κ3) is 4.64. The fourth-order valence-corrected chi connectivity index (χ4v) is 1.84. The summed E-state index contributed by atoms with van der Waals surface area (Å²) >= 11 is 5.87. The molecule has 0 saturated carbocycles. The van der Waals surface area contributed by atoms with Gasteiger partial charge in [-0.2, -0.15) is 0 Å². The number of hydrogen-bond donors (Lipinski definition) is 2. The number of hydrogen-bond acceptors (Lipinski definition) is 3. The second-order valence-electron chi connectivity index (χ2n) is 4.37. The standard InChI is InChI=1S/C13H20ClN3O/c1-15-9-13(18)16-8-12(17(2)3)10-4-6-11(14)7-5-10/h4-7,12,15H,8-9H2,1-3H3,(H,16,18). The van der Waals surface area contributed by atoms with E-state index < -0.39 is 0 Å². The lowest BCUT2D eigenvalue weighted by atomic mass is 10.1.